The molecule has 1 saturated heterocycles. The number of rotatable bonds is 4. The van der Waals surface area contributed by atoms with Crippen molar-refractivity contribution in [3.8, 4) is 0 Å². The van der Waals surface area contributed by atoms with Crippen LogP contribution in [-0.4, -0.2) is 55.7 Å². The summed E-state index contributed by atoms with van der Waals surface area (Å²) in [7, 11) is 0. The zero-order valence-corrected chi connectivity index (χ0v) is 17.2. The van der Waals surface area contributed by atoms with E-state index in [4.69, 9.17) is 4.98 Å². The molecule has 4 aromatic rings. The van der Waals surface area contributed by atoms with Crippen LogP contribution in [0, 0.1) is 5.82 Å². The van der Waals surface area contributed by atoms with E-state index in [0.29, 0.717) is 34.3 Å². The van der Waals surface area contributed by atoms with Gasteiger partial charge in [-0.25, -0.2) is 14.4 Å². The average Bonchev–Trinajstić information content (AvgIpc) is 3.34. The number of nitrogens with one attached hydrogen (secondary N) is 3. The first-order valence-electron chi connectivity index (χ1n) is 9.38. The number of piperazine rings is 1. The standard InChI is InChI=1S/C18H19BrFN9/c1-10(15-24-12-4-2-3-11(20)14(12)25-15)23-16-17-22-9-13(19)29(17)27-18(26-16)28-7-5-21-6-8-28/h2-4,9-10,21H,5-8H2,1H3,(H,24,25)(H,23,26,27). The molecule has 3 N–H and O–H groups in total. The quantitative estimate of drug-likeness (QED) is 0.431. The maximum atomic E-state index is 14.0. The van der Waals surface area contributed by atoms with Crippen molar-refractivity contribution in [3.63, 3.8) is 0 Å². The number of imidazole rings is 2. The van der Waals surface area contributed by atoms with Crippen LogP contribution in [0.25, 0.3) is 16.7 Å². The number of fused-ring (bicyclic) bond motifs is 2. The third kappa shape index (κ3) is 3.29. The van der Waals surface area contributed by atoms with Crippen molar-refractivity contribution in [2.45, 2.75) is 13.0 Å². The molecule has 1 atom stereocenters. The fraction of sp³-hybridized carbons (Fsp3) is 0.333. The minimum absolute atomic E-state index is 0.244. The minimum Gasteiger partial charge on any atom is -0.357 e. The molecule has 29 heavy (non-hydrogen) atoms. The monoisotopic (exact) mass is 459 g/mol. The summed E-state index contributed by atoms with van der Waals surface area (Å²) in [5.74, 6) is 1.49. The van der Waals surface area contributed by atoms with Gasteiger partial charge in [-0.05, 0) is 35.0 Å². The van der Waals surface area contributed by atoms with E-state index < -0.39 is 0 Å². The molecule has 0 aliphatic carbocycles. The van der Waals surface area contributed by atoms with Gasteiger partial charge < -0.3 is 20.5 Å². The van der Waals surface area contributed by atoms with Gasteiger partial charge in [0.2, 0.25) is 5.95 Å². The fourth-order valence-electron chi connectivity index (χ4n) is 3.43. The van der Waals surface area contributed by atoms with Gasteiger partial charge >= 0.3 is 0 Å². The third-order valence-corrected chi connectivity index (χ3v) is 5.50. The van der Waals surface area contributed by atoms with Gasteiger partial charge in [0.1, 0.15) is 15.9 Å². The predicted octanol–water partition coefficient (Wildman–Crippen LogP) is 2.48. The number of benzene rings is 1. The van der Waals surface area contributed by atoms with Crippen molar-refractivity contribution in [3.05, 3.63) is 40.6 Å². The van der Waals surface area contributed by atoms with Crippen LogP contribution in [0.1, 0.15) is 18.8 Å². The molecular formula is C18H19BrFN9. The van der Waals surface area contributed by atoms with Gasteiger partial charge in [-0.1, -0.05) is 6.07 Å². The Labute approximate surface area is 173 Å². The zero-order valence-electron chi connectivity index (χ0n) is 15.7. The summed E-state index contributed by atoms with van der Waals surface area (Å²) >= 11 is 3.49. The molecule has 11 heteroatoms. The van der Waals surface area contributed by atoms with Crippen LogP contribution in [0.15, 0.2) is 29.0 Å². The molecule has 1 aromatic carbocycles. The molecule has 0 bridgehead atoms. The molecule has 5 rings (SSSR count). The summed E-state index contributed by atoms with van der Waals surface area (Å²) in [6, 6.07) is 4.62. The predicted molar refractivity (Wildman–Crippen MR) is 112 cm³/mol. The molecule has 0 amide bonds. The van der Waals surface area contributed by atoms with E-state index in [-0.39, 0.29) is 11.9 Å². The van der Waals surface area contributed by atoms with E-state index in [0.717, 1.165) is 30.8 Å². The second kappa shape index (κ2) is 7.23. The van der Waals surface area contributed by atoms with Gasteiger partial charge in [-0.3, -0.25) is 0 Å². The van der Waals surface area contributed by atoms with Gasteiger partial charge in [-0.15, -0.1) is 5.10 Å². The Morgan fingerprint density at radius 2 is 2.07 bits per heavy atom. The SMILES string of the molecule is CC(Nc1nc(N2CCNCC2)nn2c(Br)cnc12)c1nc2c(F)cccc2[nH]1. The Balaban J connectivity index is 1.52. The molecule has 1 fully saturated rings. The van der Waals surface area contributed by atoms with Gasteiger partial charge in [-0.2, -0.15) is 9.50 Å². The minimum atomic E-state index is -0.347. The van der Waals surface area contributed by atoms with Crippen LogP contribution >= 0.6 is 15.9 Å². The smallest absolute Gasteiger partial charge is 0.245 e. The molecule has 0 radical (unpaired) electrons. The Morgan fingerprint density at radius 1 is 1.24 bits per heavy atom. The third-order valence-electron chi connectivity index (χ3n) is 4.95. The van der Waals surface area contributed by atoms with E-state index in [2.05, 4.69) is 51.5 Å². The van der Waals surface area contributed by atoms with Crippen LogP contribution < -0.4 is 15.5 Å². The summed E-state index contributed by atoms with van der Waals surface area (Å²) < 4.78 is 16.5. The number of para-hydroxylation sites is 1. The van der Waals surface area contributed by atoms with Crippen molar-refractivity contribution < 1.29 is 4.39 Å². The maximum Gasteiger partial charge on any atom is 0.245 e. The molecule has 3 aromatic heterocycles. The Kier molecular flexibility index (Phi) is 4.55. The first-order chi connectivity index (χ1) is 14.1. The molecule has 1 aliphatic heterocycles. The van der Waals surface area contributed by atoms with Gasteiger partial charge in [0.15, 0.2) is 17.3 Å². The first kappa shape index (κ1) is 18.3. The van der Waals surface area contributed by atoms with Crippen LogP contribution in [0.3, 0.4) is 0 Å². The van der Waals surface area contributed by atoms with E-state index >= 15 is 0 Å². The summed E-state index contributed by atoms with van der Waals surface area (Å²) in [5.41, 5.74) is 1.59. The maximum absolute atomic E-state index is 14.0. The zero-order chi connectivity index (χ0) is 20.0. The number of hydrogen-bond acceptors (Lipinski definition) is 7. The summed E-state index contributed by atoms with van der Waals surface area (Å²) in [6.45, 7) is 5.37. The normalized spacial score (nSPS) is 15.9. The van der Waals surface area contributed by atoms with Crippen LogP contribution in [0.4, 0.5) is 16.2 Å². The lowest BCUT2D eigenvalue weighted by molar-refractivity contribution is 0.575. The van der Waals surface area contributed by atoms with Crippen LogP contribution in [-0.2, 0) is 0 Å². The van der Waals surface area contributed by atoms with Crippen molar-refractivity contribution in [1.29, 1.82) is 0 Å². The second-order valence-electron chi connectivity index (χ2n) is 6.94. The lowest BCUT2D eigenvalue weighted by atomic mass is 10.3. The van der Waals surface area contributed by atoms with Crippen LogP contribution in [0.2, 0.25) is 0 Å². The number of H-pyrrole nitrogens is 1. The largest absolute Gasteiger partial charge is 0.357 e. The van der Waals surface area contributed by atoms with Crippen molar-refractivity contribution in [2.75, 3.05) is 36.4 Å². The number of aromatic nitrogens is 6. The summed E-state index contributed by atoms with van der Waals surface area (Å²) in [5, 5.41) is 11.3. The number of nitrogens with zero attached hydrogens (tertiary/aromatic N) is 6. The van der Waals surface area contributed by atoms with Gasteiger partial charge in [0.05, 0.1) is 17.8 Å². The van der Waals surface area contributed by atoms with Crippen LogP contribution in [0.5, 0.6) is 0 Å². The lowest BCUT2D eigenvalue weighted by Gasteiger charge is -2.27. The number of hydrogen-bond donors (Lipinski definition) is 3. The van der Waals surface area contributed by atoms with E-state index in [1.54, 1.807) is 22.8 Å². The molecule has 0 saturated carbocycles. The topological polar surface area (TPSA) is 99.1 Å². The Hall–Kier alpha value is -2.79. The van der Waals surface area contributed by atoms with Gasteiger partial charge in [0, 0.05) is 26.2 Å². The van der Waals surface area contributed by atoms with Crippen molar-refractivity contribution in [2.24, 2.45) is 0 Å². The fourth-order valence-corrected chi connectivity index (χ4v) is 3.78. The molecule has 150 valence electrons. The Morgan fingerprint density at radius 3 is 2.86 bits per heavy atom. The Bertz CT molecular complexity index is 1180. The molecule has 1 unspecified atom stereocenters. The number of anilines is 2. The highest BCUT2D eigenvalue weighted by Gasteiger charge is 2.20. The van der Waals surface area contributed by atoms with Gasteiger partial charge in [0.25, 0.3) is 0 Å². The van der Waals surface area contributed by atoms with Crippen molar-refractivity contribution in [1.82, 2.24) is 34.9 Å². The second-order valence-corrected chi connectivity index (χ2v) is 7.75. The molecular weight excluding hydrogens is 441 g/mol. The van der Waals surface area contributed by atoms with E-state index in [1.165, 1.54) is 6.07 Å². The first-order valence-corrected chi connectivity index (χ1v) is 10.2. The number of halogens is 2. The highest BCUT2D eigenvalue weighted by atomic mass is 79.9. The molecule has 4 heterocycles. The van der Waals surface area contributed by atoms with E-state index in [9.17, 15) is 4.39 Å². The number of aromatic amines is 1. The molecule has 9 nitrogen and oxygen atoms in total. The highest BCUT2D eigenvalue weighted by Crippen LogP contribution is 2.25. The highest BCUT2D eigenvalue weighted by molar-refractivity contribution is 9.10. The lowest BCUT2D eigenvalue weighted by Crippen LogP contribution is -2.44. The summed E-state index contributed by atoms with van der Waals surface area (Å²) in [6.07, 6.45) is 1.69. The molecule has 1 aliphatic rings. The van der Waals surface area contributed by atoms with E-state index in [1.807, 2.05) is 6.92 Å². The average molecular weight is 460 g/mol. The summed E-state index contributed by atoms with van der Waals surface area (Å²) in [4.78, 5) is 18.9. The molecule has 0 spiro atoms. The van der Waals surface area contributed by atoms with Crippen molar-refractivity contribution >= 4 is 44.4 Å².